The Morgan fingerprint density at radius 3 is 2.94 bits per heavy atom. The minimum absolute atomic E-state index is 0.693. The van der Waals surface area contributed by atoms with Crippen molar-refractivity contribution in [2.75, 3.05) is 17.6 Å². The molecular formula is C13H16N4. The molecule has 17 heavy (non-hydrogen) atoms. The number of nitrogens with two attached hydrogens (primary N) is 1. The van der Waals surface area contributed by atoms with Gasteiger partial charge in [0.05, 0.1) is 0 Å². The molecule has 0 aliphatic carbocycles. The Morgan fingerprint density at radius 1 is 1.29 bits per heavy atom. The third-order valence-corrected chi connectivity index (χ3v) is 2.36. The van der Waals surface area contributed by atoms with Crippen LogP contribution >= 0.6 is 0 Å². The largest absolute Gasteiger partial charge is 0.399 e. The highest BCUT2D eigenvalue weighted by molar-refractivity contribution is 5.62. The molecule has 2 rings (SSSR count). The first-order valence-electron chi connectivity index (χ1n) is 5.72. The summed E-state index contributed by atoms with van der Waals surface area (Å²) in [4.78, 5) is 8.70. The second-order valence-corrected chi connectivity index (χ2v) is 3.82. The van der Waals surface area contributed by atoms with Crippen LogP contribution in [0.25, 0.3) is 11.4 Å². The predicted molar refractivity (Wildman–Crippen MR) is 70.7 cm³/mol. The lowest BCUT2D eigenvalue weighted by Crippen LogP contribution is -2.03. The van der Waals surface area contributed by atoms with Crippen LogP contribution < -0.4 is 11.1 Å². The lowest BCUT2D eigenvalue weighted by Gasteiger charge is -2.06. The Balaban J connectivity index is 2.26. The smallest absolute Gasteiger partial charge is 0.161 e. The van der Waals surface area contributed by atoms with Crippen molar-refractivity contribution < 1.29 is 0 Å². The van der Waals surface area contributed by atoms with Gasteiger partial charge in [0.15, 0.2) is 5.82 Å². The topological polar surface area (TPSA) is 63.8 Å². The minimum Gasteiger partial charge on any atom is -0.399 e. The zero-order valence-electron chi connectivity index (χ0n) is 9.85. The van der Waals surface area contributed by atoms with Crippen LogP contribution in [-0.2, 0) is 0 Å². The molecule has 0 bridgehead atoms. The molecular weight excluding hydrogens is 212 g/mol. The van der Waals surface area contributed by atoms with Crippen molar-refractivity contribution in [3.05, 3.63) is 36.5 Å². The molecule has 4 heteroatoms. The Bertz CT molecular complexity index is 496. The van der Waals surface area contributed by atoms with E-state index in [0.29, 0.717) is 5.82 Å². The van der Waals surface area contributed by atoms with Crippen molar-refractivity contribution in [1.82, 2.24) is 9.97 Å². The van der Waals surface area contributed by atoms with Crippen LogP contribution in [0.2, 0.25) is 0 Å². The molecule has 4 nitrogen and oxygen atoms in total. The van der Waals surface area contributed by atoms with Gasteiger partial charge >= 0.3 is 0 Å². The van der Waals surface area contributed by atoms with E-state index in [1.54, 1.807) is 6.20 Å². The maximum atomic E-state index is 5.74. The fourth-order valence-corrected chi connectivity index (χ4v) is 1.53. The third-order valence-electron chi connectivity index (χ3n) is 2.36. The molecule has 0 saturated heterocycles. The number of nitrogens with one attached hydrogen (secondary N) is 1. The fourth-order valence-electron chi connectivity index (χ4n) is 1.53. The van der Waals surface area contributed by atoms with E-state index in [1.807, 2.05) is 30.3 Å². The molecule has 1 aromatic heterocycles. The Morgan fingerprint density at radius 2 is 2.18 bits per heavy atom. The van der Waals surface area contributed by atoms with Gasteiger partial charge < -0.3 is 11.1 Å². The van der Waals surface area contributed by atoms with Crippen molar-refractivity contribution in [2.24, 2.45) is 0 Å². The average molecular weight is 228 g/mol. The number of aromatic nitrogens is 2. The standard InChI is InChI=1S/C13H16N4/c1-2-7-15-12-6-8-16-13(17-12)10-4-3-5-11(14)9-10/h3-6,8-9H,2,7,14H2,1H3,(H,15,16,17). The summed E-state index contributed by atoms with van der Waals surface area (Å²) in [7, 11) is 0. The van der Waals surface area contributed by atoms with E-state index in [9.17, 15) is 0 Å². The van der Waals surface area contributed by atoms with Crippen molar-refractivity contribution in [3.63, 3.8) is 0 Å². The molecule has 0 spiro atoms. The van der Waals surface area contributed by atoms with Crippen molar-refractivity contribution >= 4 is 11.5 Å². The first-order chi connectivity index (χ1) is 8.29. The molecule has 0 unspecified atom stereocenters. The highest BCUT2D eigenvalue weighted by Crippen LogP contribution is 2.18. The lowest BCUT2D eigenvalue weighted by atomic mass is 10.2. The van der Waals surface area contributed by atoms with Crippen LogP contribution in [0.1, 0.15) is 13.3 Å². The normalized spacial score (nSPS) is 10.2. The Kier molecular flexibility index (Phi) is 3.55. The van der Waals surface area contributed by atoms with Crippen LogP contribution in [0.15, 0.2) is 36.5 Å². The molecule has 0 amide bonds. The van der Waals surface area contributed by atoms with Gasteiger partial charge in [-0.2, -0.15) is 0 Å². The van der Waals surface area contributed by atoms with Crippen molar-refractivity contribution in [3.8, 4) is 11.4 Å². The molecule has 0 aliphatic heterocycles. The summed E-state index contributed by atoms with van der Waals surface area (Å²) >= 11 is 0. The van der Waals surface area contributed by atoms with Crippen LogP contribution in [0.5, 0.6) is 0 Å². The van der Waals surface area contributed by atoms with Crippen LogP contribution in [0, 0.1) is 0 Å². The summed E-state index contributed by atoms with van der Waals surface area (Å²) in [6, 6.07) is 9.45. The molecule has 2 aromatic rings. The molecule has 1 aromatic carbocycles. The van der Waals surface area contributed by atoms with E-state index in [4.69, 9.17) is 5.73 Å². The number of hydrogen-bond donors (Lipinski definition) is 2. The molecule has 0 fully saturated rings. The summed E-state index contributed by atoms with van der Waals surface area (Å²) in [5.41, 5.74) is 7.40. The number of nitrogen functional groups attached to an aromatic ring is 1. The fraction of sp³-hybridized carbons (Fsp3) is 0.231. The van der Waals surface area contributed by atoms with Gasteiger partial charge in [0.2, 0.25) is 0 Å². The molecule has 3 N–H and O–H groups in total. The van der Waals surface area contributed by atoms with Gasteiger partial charge in [0.1, 0.15) is 5.82 Å². The van der Waals surface area contributed by atoms with E-state index in [-0.39, 0.29) is 0 Å². The van der Waals surface area contributed by atoms with Crippen LogP contribution in [0.3, 0.4) is 0 Å². The quantitative estimate of drug-likeness (QED) is 0.789. The maximum Gasteiger partial charge on any atom is 0.161 e. The zero-order valence-corrected chi connectivity index (χ0v) is 9.85. The maximum absolute atomic E-state index is 5.74. The second kappa shape index (κ2) is 5.30. The number of anilines is 2. The van der Waals surface area contributed by atoms with Gasteiger partial charge in [-0.3, -0.25) is 0 Å². The number of nitrogens with zero attached hydrogens (tertiary/aromatic N) is 2. The van der Waals surface area contributed by atoms with Gasteiger partial charge in [0.25, 0.3) is 0 Å². The highest BCUT2D eigenvalue weighted by Gasteiger charge is 2.02. The summed E-state index contributed by atoms with van der Waals surface area (Å²) in [5, 5.41) is 3.24. The molecule has 0 aliphatic rings. The van der Waals surface area contributed by atoms with Crippen molar-refractivity contribution in [2.45, 2.75) is 13.3 Å². The van der Waals surface area contributed by atoms with E-state index in [0.717, 1.165) is 30.0 Å². The Hall–Kier alpha value is -2.10. The van der Waals surface area contributed by atoms with E-state index < -0.39 is 0 Å². The molecule has 1 heterocycles. The zero-order chi connectivity index (χ0) is 12.1. The Labute approximate surface area is 101 Å². The van der Waals surface area contributed by atoms with E-state index >= 15 is 0 Å². The van der Waals surface area contributed by atoms with Crippen molar-refractivity contribution in [1.29, 1.82) is 0 Å². The first-order valence-corrected chi connectivity index (χ1v) is 5.72. The summed E-state index contributed by atoms with van der Waals surface area (Å²) in [6.45, 7) is 3.03. The van der Waals surface area contributed by atoms with E-state index in [1.165, 1.54) is 0 Å². The highest BCUT2D eigenvalue weighted by atomic mass is 15.0. The second-order valence-electron chi connectivity index (χ2n) is 3.82. The molecule has 0 atom stereocenters. The average Bonchev–Trinajstić information content (AvgIpc) is 2.37. The monoisotopic (exact) mass is 228 g/mol. The number of rotatable bonds is 4. The molecule has 0 radical (unpaired) electrons. The van der Waals surface area contributed by atoms with Gasteiger partial charge in [-0.1, -0.05) is 19.1 Å². The summed E-state index contributed by atoms with van der Waals surface area (Å²) in [5.74, 6) is 1.54. The van der Waals surface area contributed by atoms with Crippen LogP contribution in [-0.4, -0.2) is 16.5 Å². The predicted octanol–water partition coefficient (Wildman–Crippen LogP) is 2.55. The summed E-state index contributed by atoms with van der Waals surface area (Å²) in [6.07, 6.45) is 2.82. The molecule has 88 valence electrons. The van der Waals surface area contributed by atoms with E-state index in [2.05, 4.69) is 22.2 Å². The van der Waals surface area contributed by atoms with Crippen LogP contribution in [0.4, 0.5) is 11.5 Å². The first kappa shape index (κ1) is 11.4. The van der Waals surface area contributed by atoms with Gasteiger partial charge in [-0.05, 0) is 24.6 Å². The van der Waals surface area contributed by atoms with Gasteiger partial charge in [0, 0.05) is 24.0 Å². The number of hydrogen-bond acceptors (Lipinski definition) is 4. The number of benzene rings is 1. The lowest BCUT2D eigenvalue weighted by molar-refractivity contribution is 0.966. The summed E-state index contributed by atoms with van der Waals surface area (Å²) < 4.78 is 0. The van der Waals surface area contributed by atoms with Gasteiger partial charge in [-0.15, -0.1) is 0 Å². The third kappa shape index (κ3) is 2.93. The SMILES string of the molecule is CCCNc1ccnc(-c2cccc(N)c2)n1. The molecule has 0 saturated carbocycles. The minimum atomic E-state index is 0.693. The van der Waals surface area contributed by atoms with Gasteiger partial charge in [-0.25, -0.2) is 9.97 Å².